The van der Waals surface area contributed by atoms with Crippen LogP contribution in [-0.2, 0) is 23.8 Å². The van der Waals surface area contributed by atoms with Gasteiger partial charge in [0, 0.05) is 19.4 Å². The number of unbranched alkanes of at least 4 members (excludes halogenated alkanes) is 20. The van der Waals surface area contributed by atoms with Gasteiger partial charge in [0.2, 0.25) is 0 Å². The average Bonchev–Trinajstić information content (AvgIpc) is 3.25. The van der Waals surface area contributed by atoms with Crippen molar-refractivity contribution in [2.75, 3.05) is 19.8 Å². The highest BCUT2D eigenvalue weighted by molar-refractivity contribution is 5.70. The zero-order valence-electron chi connectivity index (χ0n) is 39.5. The fraction of sp³-hybridized carbons (Fsp3) is 0.709. The monoisotopic (exact) mass is 835 g/mol. The molecule has 0 rings (SSSR count). The Balaban J connectivity index is 4.34. The van der Waals surface area contributed by atoms with Gasteiger partial charge in [-0.25, -0.2) is 0 Å². The summed E-state index contributed by atoms with van der Waals surface area (Å²) in [6.07, 6.45) is 65.9. The molecule has 60 heavy (non-hydrogen) atoms. The van der Waals surface area contributed by atoms with Gasteiger partial charge in [0.1, 0.15) is 6.61 Å². The van der Waals surface area contributed by atoms with E-state index in [0.717, 1.165) is 83.5 Å². The molecule has 5 heteroatoms. The van der Waals surface area contributed by atoms with Crippen LogP contribution in [0.1, 0.15) is 226 Å². The molecule has 0 N–H and O–H groups in total. The summed E-state index contributed by atoms with van der Waals surface area (Å²) in [4.78, 5) is 25.4. The third-order valence-corrected chi connectivity index (χ3v) is 10.4. The molecule has 0 aliphatic rings. The molecule has 0 fully saturated rings. The van der Waals surface area contributed by atoms with Crippen LogP contribution in [0.15, 0.2) is 85.1 Å². The molecule has 0 aliphatic carbocycles. The predicted octanol–water partition coefficient (Wildman–Crippen LogP) is 16.9. The lowest BCUT2D eigenvalue weighted by atomic mass is 10.1. The van der Waals surface area contributed by atoms with Gasteiger partial charge in [-0.1, -0.05) is 189 Å². The molecule has 0 aliphatic heterocycles. The number of esters is 2. The minimum absolute atomic E-state index is 0.0586. The average molecular weight is 835 g/mol. The summed E-state index contributed by atoms with van der Waals surface area (Å²) in [5.41, 5.74) is 0. The Hall–Kier alpha value is -2.92. The number of allylic oxidation sites excluding steroid dienone is 14. The van der Waals surface area contributed by atoms with Crippen LogP contribution in [0.2, 0.25) is 0 Å². The van der Waals surface area contributed by atoms with Crippen LogP contribution in [-0.4, -0.2) is 37.9 Å². The van der Waals surface area contributed by atoms with Crippen molar-refractivity contribution in [3.05, 3.63) is 85.1 Å². The van der Waals surface area contributed by atoms with Crippen LogP contribution in [0.4, 0.5) is 0 Å². The second-order valence-electron chi connectivity index (χ2n) is 16.3. The van der Waals surface area contributed by atoms with Gasteiger partial charge >= 0.3 is 11.9 Å². The molecule has 0 heterocycles. The fourth-order valence-corrected chi connectivity index (χ4v) is 6.63. The first-order chi connectivity index (χ1) is 29.6. The van der Waals surface area contributed by atoms with E-state index in [9.17, 15) is 9.59 Å². The molecule has 1 atom stereocenters. The molecule has 0 saturated heterocycles. The Morgan fingerprint density at radius 3 is 1.30 bits per heavy atom. The lowest BCUT2D eigenvalue weighted by Crippen LogP contribution is -2.30. The quantitative estimate of drug-likeness (QED) is 0.0347. The minimum atomic E-state index is -0.567. The van der Waals surface area contributed by atoms with Crippen LogP contribution >= 0.6 is 0 Å². The predicted molar refractivity (Wildman–Crippen MR) is 260 cm³/mol. The highest BCUT2D eigenvalue weighted by atomic mass is 16.6. The van der Waals surface area contributed by atoms with Crippen molar-refractivity contribution >= 4 is 11.9 Å². The highest BCUT2D eigenvalue weighted by Crippen LogP contribution is 2.13. The number of hydrogen-bond acceptors (Lipinski definition) is 5. The first-order valence-corrected chi connectivity index (χ1v) is 25.1. The van der Waals surface area contributed by atoms with Crippen molar-refractivity contribution in [3.8, 4) is 0 Å². The minimum Gasteiger partial charge on any atom is -0.462 e. The third-order valence-electron chi connectivity index (χ3n) is 10.4. The lowest BCUT2D eigenvalue weighted by Gasteiger charge is -2.18. The summed E-state index contributed by atoms with van der Waals surface area (Å²) in [5, 5.41) is 0. The van der Waals surface area contributed by atoms with E-state index >= 15 is 0 Å². The van der Waals surface area contributed by atoms with Crippen LogP contribution in [0.25, 0.3) is 0 Å². The molecule has 0 aromatic carbocycles. The van der Waals surface area contributed by atoms with Gasteiger partial charge in [-0.15, -0.1) is 0 Å². The molecule has 0 bridgehead atoms. The first kappa shape index (κ1) is 57.1. The van der Waals surface area contributed by atoms with Crippen molar-refractivity contribution in [2.24, 2.45) is 0 Å². The number of rotatable bonds is 45. The van der Waals surface area contributed by atoms with Gasteiger partial charge in [-0.05, 0) is 109 Å². The molecular weight excluding hydrogens is 741 g/mol. The van der Waals surface area contributed by atoms with E-state index in [0.29, 0.717) is 19.4 Å². The largest absolute Gasteiger partial charge is 0.462 e. The van der Waals surface area contributed by atoms with Gasteiger partial charge in [-0.2, -0.15) is 0 Å². The second-order valence-corrected chi connectivity index (χ2v) is 16.3. The Morgan fingerprint density at radius 1 is 0.383 bits per heavy atom. The lowest BCUT2D eigenvalue weighted by molar-refractivity contribution is -0.163. The number of carbonyl (C=O) groups excluding carboxylic acids is 2. The first-order valence-electron chi connectivity index (χ1n) is 25.1. The van der Waals surface area contributed by atoms with Crippen molar-refractivity contribution in [1.29, 1.82) is 0 Å². The van der Waals surface area contributed by atoms with Gasteiger partial charge in [-0.3, -0.25) is 9.59 Å². The van der Waals surface area contributed by atoms with E-state index in [1.54, 1.807) is 0 Å². The topological polar surface area (TPSA) is 61.8 Å². The van der Waals surface area contributed by atoms with Gasteiger partial charge in [0.15, 0.2) is 6.10 Å². The normalized spacial score (nSPS) is 12.9. The highest BCUT2D eigenvalue weighted by Gasteiger charge is 2.17. The number of carbonyl (C=O) groups is 2. The molecule has 1 unspecified atom stereocenters. The van der Waals surface area contributed by atoms with Gasteiger partial charge in [0.25, 0.3) is 0 Å². The smallest absolute Gasteiger partial charge is 0.306 e. The maximum Gasteiger partial charge on any atom is 0.306 e. The van der Waals surface area contributed by atoms with Crippen molar-refractivity contribution in [1.82, 2.24) is 0 Å². The van der Waals surface area contributed by atoms with Crippen LogP contribution in [0.3, 0.4) is 0 Å². The molecular formula is C55H94O5. The van der Waals surface area contributed by atoms with Crippen LogP contribution in [0, 0.1) is 0 Å². The van der Waals surface area contributed by atoms with Gasteiger partial charge in [0.05, 0.1) is 6.61 Å². The van der Waals surface area contributed by atoms with Crippen molar-refractivity contribution < 1.29 is 23.8 Å². The number of ether oxygens (including phenoxy) is 3. The van der Waals surface area contributed by atoms with Crippen LogP contribution in [0.5, 0.6) is 0 Å². The molecule has 0 radical (unpaired) electrons. The van der Waals surface area contributed by atoms with Crippen molar-refractivity contribution in [2.45, 2.75) is 232 Å². The Kier molecular flexibility index (Phi) is 48.0. The Morgan fingerprint density at radius 2 is 0.767 bits per heavy atom. The standard InChI is InChI=1S/C55H94O5/c1-4-7-10-13-16-19-22-25-27-28-30-31-33-36-39-42-45-48-54(56)59-52-53(51-58-50-47-44-41-38-35-24-21-18-15-12-9-6-3)60-55(57)49-46-43-40-37-34-32-29-26-23-20-17-14-11-8-5-2/h8,11,15-20,25-27,29,34,37,53H,4-7,9-10,12-14,21-24,28,30-33,35-36,38-52H2,1-3H3/b11-8-,18-15-,19-16-,20-17-,27-25-,29-26-,37-34-. The summed E-state index contributed by atoms with van der Waals surface area (Å²) in [6.45, 7) is 7.59. The fourth-order valence-electron chi connectivity index (χ4n) is 6.63. The van der Waals surface area contributed by atoms with E-state index in [1.807, 2.05) is 0 Å². The molecule has 0 spiro atoms. The third kappa shape index (κ3) is 47.8. The van der Waals surface area contributed by atoms with E-state index in [1.165, 1.54) is 109 Å². The summed E-state index contributed by atoms with van der Waals surface area (Å²) >= 11 is 0. The van der Waals surface area contributed by atoms with E-state index < -0.39 is 6.10 Å². The maximum atomic E-state index is 12.8. The zero-order valence-corrected chi connectivity index (χ0v) is 39.5. The molecule has 5 nitrogen and oxygen atoms in total. The molecule has 344 valence electrons. The van der Waals surface area contributed by atoms with E-state index in [2.05, 4.69) is 106 Å². The molecule has 0 aromatic heterocycles. The summed E-state index contributed by atoms with van der Waals surface area (Å²) in [7, 11) is 0. The van der Waals surface area contributed by atoms with Gasteiger partial charge < -0.3 is 14.2 Å². The number of hydrogen-bond donors (Lipinski definition) is 0. The summed E-state index contributed by atoms with van der Waals surface area (Å²) < 4.78 is 17.3. The second kappa shape index (κ2) is 50.4. The van der Waals surface area contributed by atoms with E-state index in [-0.39, 0.29) is 25.2 Å². The zero-order chi connectivity index (χ0) is 43.5. The maximum absolute atomic E-state index is 12.8. The van der Waals surface area contributed by atoms with Crippen molar-refractivity contribution in [3.63, 3.8) is 0 Å². The Labute approximate surface area is 371 Å². The summed E-state index contributed by atoms with van der Waals surface area (Å²) in [6, 6.07) is 0. The molecule has 0 saturated carbocycles. The SMILES string of the molecule is CC/C=C\C/C=C\C/C=C\C/C=C\CCCCC(=O)OC(COCCCCCCCC/C=C\CCCC)COC(=O)CCCCCCCCC/C=C\C/C=C\CCCCC. The van der Waals surface area contributed by atoms with E-state index in [4.69, 9.17) is 14.2 Å². The van der Waals surface area contributed by atoms with Crippen LogP contribution < -0.4 is 0 Å². The Bertz CT molecular complexity index is 1130. The molecule has 0 aromatic rings. The summed E-state index contributed by atoms with van der Waals surface area (Å²) in [5.74, 6) is -0.459. The molecule has 0 amide bonds.